The van der Waals surface area contributed by atoms with E-state index in [4.69, 9.17) is 21.3 Å². The van der Waals surface area contributed by atoms with Crippen LogP contribution in [0.15, 0.2) is 114 Å². The third-order valence-electron chi connectivity index (χ3n) is 5.42. The molecule has 1 unspecified atom stereocenters. The number of benzene rings is 4. The molecule has 0 amide bonds. The van der Waals surface area contributed by atoms with Gasteiger partial charge in [-0.25, -0.2) is 4.98 Å². The first-order valence-corrected chi connectivity index (χ1v) is 12.1. The van der Waals surface area contributed by atoms with Crippen molar-refractivity contribution in [3.05, 3.63) is 126 Å². The molecule has 1 aromatic heterocycles. The Labute approximate surface area is 203 Å². The fourth-order valence-corrected chi connectivity index (χ4v) is 5.14. The molecule has 0 N–H and O–H groups in total. The van der Waals surface area contributed by atoms with Crippen molar-refractivity contribution < 1.29 is 4.74 Å². The van der Waals surface area contributed by atoms with Gasteiger partial charge in [-0.3, -0.25) is 0 Å². The summed E-state index contributed by atoms with van der Waals surface area (Å²) in [6.07, 6.45) is 0. The number of ether oxygens (including phenoxy) is 1. The molecule has 5 rings (SSSR count). The van der Waals surface area contributed by atoms with Crippen molar-refractivity contribution >= 4 is 34.4 Å². The first kappa shape index (κ1) is 21.6. The zero-order valence-corrected chi connectivity index (χ0v) is 19.5. The normalized spacial score (nSPS) is 12.0. The Bertz CT molecular complexity index is 1320. The van der Waals surface area contributed by atoms with Crippen LogP contribution in [0.4, 0.5) is 0 Å². The molecule has 0 saturated carbocycles. The average Bonchev–Trinajstić information content (AvgIpc) is 3.23. The molecule has 5 aromatic rings. The third kappa shape index (κ3) is 5.08. The van der Waals surface area contributed by atoms with E-state index < -0.39 is 0 Å². The Morgan fingerprint density at radius 1 is 0.788 bits per heavy atom. The maximum atomic E-state index is 6.03. The van der Waals surface area contributed by atoms with Crippen molar-refractivity contribution in [3.63, 3.8) is 0 Å². The summed E-state index contributed by atoms with van der Waals surface area (Å²) in [4.78, 5) is 6.30. The number of para-hydroxylation sites is 2. The summed E-state index contributed by atoms with van der Waals surface area (Å²) in [7, 11) is 0. The van der Waals surface area contributed by atoms with Gasteiger partial charge in [0.2, 0.25) is 0 Å². The summed E-state index contributed by atoms with van der Waals surface area (Å²) in [5.41, 5.74) is 3.33. The Kier molecular flexibility index (Phi) is 6.66. The summed E-state index contributed by atoms with van der Waals surface area (Å²) >= 11 is 7.82. The van der Waals surface area contributed by atoms with Crippen LogP contribution in [0.3, 0.4) is 0 Å². The van der Waals surface area contributed by atoms with Gasteiger partial charge in [-0.05, 0) is 54.1 Å². The summed E-state index contributed by atoms with van der Waals surface area (Å²) in [6.45, 7) is 1.23. The lowest BCUT2D eigenvalue weighted by atomic mass is 10.1. The average molecular weight is 471 g/mol. The standard InChI is InChI=1S/C28H23ClN2OS/c29-22-15-17-23(18-16-22)32-20-19-31-26-14-8-7-13-25(26)30-28(31)27(21-9-3-1-4-10-21)33-24-11-5-2-6-12-24/h1-18,27H,19-20H2. The quantitative estimate of drug-likeness (QED) is 0.218. The highest BCUT2D eigenvalue weighted by Crippen LogP contribution is 2.41. The molecule has 0 spiro atoms. The molecular weight excluding hydrogens is 448 g/mol. The van der Waals surface area contributed by atoms with Gasteiger partial charge in [0.05, 0.1) is 22.8 Å². The largest absolute Gasteiger partial charge is 0.492 e. The maximum absolute atomic E-state index is 6.03. The molecule has 0 aliphatic carbocycles. The SMILES string of the molecule is Clc1ccc(OCCn2c(C(Sc3ccccc3)c3ccccc3)nc3ccccc32)cc1. The van der Waals surface area contributed by atoms with Crippen molar-refractivity contribution in [2.75, 3.05) is 6.61 Å². The lowest BCUT2D eigenvalue weighted by molar-refractivity contribution is 0.298. The molecule has 1 atom stereocenters. The minimum Gasteiger partial charge on any atom is -0.492 e. The number of aromatic nitrogens is 2. The van der Waals surface area contributed by atoms with Crippen LogP contribution in [0.5, 0.6) is 5.75 Å². The van der Waals surface area contributed by atoms with E-state index in [0.29, 0.717) is 18.2 Å². The van der Waals surface area contributed by atoms with E-state index in [1.807, 2.05) is 48.2 Å². The molecular formula is C28H23ClN2OS. The van der Waals surface area contributed by atoms with Crippen LogP contribution in [-0.2, 0) is 6.54 Å². The molecule has 4 aromatic carbocycles. The topological polar surface area (TPSA) is 27.1 Å². The molecule has 0 saturated heterocycles. The van der Waals surface area contributed by atoms with E-state index in [2.05, 4.69) is 77.4 Å². The molecule has 1 heterocycles. The molecule has 3 nitrogen and oxygen atoms in total. The number of halogens is 1. The Hall–Kier alpha value is -3.21. The number of hydrogen-bond acceptors (Lipinski definition) is 3. The van der Waals surface area contributed by atoms with Crippen LogP contribution in [0, 0.1) is 0 Å². The van der Waals surface area contributed by atoms with E-state index in [1.165, 1.54) is 10.5 Å². The molecule has 33 heavy (non-hydrogen) atoms. The fourth-order valence-electron chi connectivity index (χ4n) is 3.85. The first-order valence-electron chi connectivity index (χ1n) is 10.9. The second-order valence-electron chi connectivity index (χ2n) is 7.63. The van der Waals surface area contributed by atoms with E-state index in [0.717, 1.165) is 22.6 Å². The molecule has 0 radical (unpaired) electrons. The molecule has 0 aliphatic rings. The van der Waals surface area contributed by atoms with Crippen molar-refractivity contribution in [2.45, 2.75) is 16.7 Å². The van der Waals surface area contributed by atoms with Crippen molar-refractivity contribution in [1.29, 1.82) is 0 Å². The Morgan fingerprint density at radius 2 is 1.45 bits per heavy atom. The van der Waals surface area contributed by atoms with Gasteiger partial charge in [-0.1, -0.05) is 72.3 Å². The van der Waals surface area contributed by atoms with Gasteiger partial charge in [0.1, 0.15) is 18.2 Å². The molecule has 0 fully saturated rings. The number of rotatable bonds is 8. The molecule has 0 bridgehead atoms. The number of hydrogen-bond donors (Lipinski definition) is 0. The Morgan fingerprint density at radius 3 is 2.21 bits per heavy atom. The van der Waals surface area contributed by atoms with Crippen molar-refractivity contribution in [2.24, 2.45) is 0 Å². The number of nitrogens with zero attached hydrogens (tertiary/aromatic N) is 2. The summed E-state index contributed by atoms with van der Waals surface area (Å²) in [6, 6.07) is 36.9. The van der Waals surface area contributed by atoms with Crippen molar-refractivity contribution in [1.82, 2.24) is 9.55 Å². The lowest BCUT2D eigenvalue weighted by Gasteiger charge is -2.19. The van der Waals surface area contributed by atoms with Gasteiger partial charge >= 0.3 is 0 Å². The smallest absolute Gasteiger partial charge is 0.128 e. The highest BCUT2D eigenvalue weighted by molar-refractivity contribution is 7.99. The highest BCUT2D eigenvalue weighted by atomic mass is 35.5. The summed E-state index contributed by atoms with van der Waals surface area (Å²) < 4.78 is 8.32. The third-order valence-corrected chi connectivity index (χ3v) is 6.93. The number of imidazole rings is 1. The first-order chi connectivity index (χ1) is 16.3. The molecule has 164 valence electrons. The predicted molar refractivity (Wildman–Crippen MR) is 137 cm³/mol. The summed E-state index contributed by atoms with van der Waals surface area (Å²) in [5, 5.41) is 0.755. The summed E-state index contributed by atoms with van der Waals surface area (Å²) in [5.74, 6) is 1.83. The zero-order valence-electron chi connectivity index (χ0n) is 18.0. The maximum Gasteiger partial charge on any atom is 0.128 e. The van der Waals surface area contributed by atoms with E-state index in [-0.39, 0.29) is 5.25 Å². The van der Waals surface area contributed by atoms with Crippen LogP contribution in [0.25, 0.3) is 11.0 Å². The van der Waals surface area contributed by atoms with Crippen LogP contribution in [0.2, 0.25) is 5.02 Å². The number of fused-ring (bicyclic) bond motifs is 1. The van der Waals surface area contributed by atoms with Crippen molar-refractivity contribution in [3.8, 4) is 5.75 Å². The lowest BCUT2D eigenvalue weighted by Crippen LogP contribution is -2.13. The number of thioether (sulfide) groups is 1. The van der Waals surface area contributed by atoms with E-state index >= 15 is 0 Å². The minimum absolute atomic E-state index is 0.0523. The predicted octanol–water partition coefficient (Wildman–Crippen LogP) is 7.65. The molecule has 5 heteroatoms. The van der Waals surface area contributed by atoms with Crippen LogP contribution >= 0.6 is 23.4 Å². The second-order valence-corrected chi connectivity index (χ2v) is 9.25. The van der Waals surface area contributed by atoms with Gasteiger partial charge < -0.3 is 9.30 Å². The zero-order chi connectivity index (χ0) is 22.5. The molecule has 0 aliphatic heterocycles. The van der Waals surface area contributed by atoms with Gasteiger partial charge in [0, 0.05) is 9.92 Å². The fraction of sp³-hybridized carbons (Fsp3) is 0.107. The van der Waals surface area contributed by atoms with E-state index in [1.54, 1.807) is 0 Å². The van der Waals surface area contributed by atoms with E-state index in [9.17, 15) is 0 Å². The van der Waals surface area contributed by atoms with Gasteiger partial charge in [-0.2, -0.15) is 0 Å². The van der Waals surface area contributed by atoms with Crippen LogP contribution < -0.4 is 4.74 Å². The Balaban J connectivity index is 1.51. The highest BCUT2D eigenvalue weighted by Gasteiger charge is 2.23. The second kappa shape index (κ2) is 10.2. The van der Waals surface area contributed by atoms with Gasteiger partial charge in [0.25, 0.3) is 0 Å². The van der Waals surface area contributed by atoms with Crippen LogP contribution in [-0.4, -0.2) is 16.2 Å². The van der Waals surface area contributed by atoms with Gasteiger partial charge in [-0.15, -0.1) is 11.8 Å². The van der Waals surface area contributed by atoms with Gasteiger partial charge in [0.15, 0.2) is 0 Å². The minimum atomic E-state index is 0.0523. The monoisotopic (exact) mass is 470 g/mol. The van der Waals surface area contributed by atoms with Crippen LogP contribution in [0.1, 0.15) is 16.6 Å².